The van der Waals surface area contributed by atoms with Gasteiger partial charge < -0.3 is 10.2 Å². The molecule has 2 saturated heterocycles. The summed E-state index contributed by atoms with van der Waals surface area (Å²) < 4.78 is 0. The molecule has 1 amide bonds. The highest BCUT2D eigenvalue weighted by Gasteiger charge is 2.32. The van der Waals surface area contributed by atoms with E-state index in [1.807, 2.05) is 21.7 Å². The smallest absolute Gasteiger partial charge is 0.254 e. The Bertz CT molecular complexity index is 451. The van der Waals surface area contributed by atoms with E-state index in [-0.39, 0.29) is 18.3 Å². The van der Waals surface area contributed by atoms with Gasteiger partial charge in [-0.1, -0.05) is 6.92 Å². The van der Waals surface area contributed by atoms with Gasteiger partial charge in [-0.05, 0) is 29.8 Å². The van der Waals surface area contributed by atoms with Crippen molar-refractivity contribution in [2.75, 3.05) is 45.8 Å². The number of rotatable bonds is 3. The predicted molar refractivity (Wildman–Crippen MR) is 89.5 cm³/mol. The highest BCUT2D eigenvalue weighted by atomic mass is 35.5. The van der Waals surface area contributed by atoms with Crippen LogP contribution in [0.25, 0.3) is 0 Å². The van der Waals surface area contributed by atoms with E-state index < -0.39 is 0 Å². The largest absolute Gasteiger partial charge is 0.336 e. The number of hydrogen-bond acceptors (Lipinski definition) is 4. The van der Waals surface area contributed by atoms with Crippen molar-refractivity contribution in [1.82, 2.24) is 15.1 Å². The lowest BCUT2D eigenvalue weighted by molar-refractivity contribution is 0.0582. The van der Waals surface area contributed by atoms with Crippen LogP contribution in [0.1, 0.15) is 23.7 Å². The fraction of sp³-hybridized carbons (Fsp3) is 0.667. The second-order valence-electron chi connectivity index (χ2n) is 6.32. The van der Waals surface area contributed by atoms with Crippen LogP contribution in [-0.2, 0) is 0 Å². The van der Waals surface area contributed by atoms with Gasteiger partial charge in [-0.2, -0.15) is 11.3 Å². The molecule has 0 spiro atoms. The minimum absolute atomic E-state index is 0. The van der Waals surface area contributed by atoms with Gasteiger partial charge in [0.15, 0.2) is 0 Å². The van der Waals surface area contributed by atoms with Crippen LogP contribution < -0.4 is 5.32 Å². The number of thiophene rings is 1. The van der Waals surface area contributed by atoms with Gasteiger partial charge in [0.05, 0.1) is 5.56 Å². The Hall–Kier alpha value is -0.620. The van der Waals surface area contributed by atoms with Gasteiger partial charge in [-0.3, -0.25) is 9.69 Å². The lowest BCUT2D eigenvalue weighted by Gasteiger charge is -2.38. The third-order valence-electron chi connectivity index (χ3n) is 4.49. The molecule has 2 fully saturated rings. The first-order valence-electron chi connectivity index (χ1n) is 7.41. The van der Waals surface area contributed by atoms with E-state index in [4.69, 9.17) is 0 Å². The van der Waals surface area contributed by atoms with Crippen LogP contribution in [0, 0.1) is 5.41 Å². The number of amides is 1. The van der Waals surface area contributed by atoms with Crippen molar-refractivity contribution in [2.24, 2.45) is 5.41 Å². The number of nitrogens with one attached hydrogen (secondary N) is 1. The second-order valence-corrected chi connectivity index (χ2v) is 7.10. The van der Waals surface area contributed by atoms with E-state index in [1.54, 1.807) is 11.3 Å². The van der Waals surface area contributed by atoms with Crippen LogP contribution in [0.2, 0.25) is 0 Å². The zero-order valence-corrected chi connectivity index (χ0v) is 14.1. The predicted octanol–water partition coefficient (Wildman–Crippen LogP) is 1.93. The van der Waals surface area contributed by atoms with E-state index in [1.165, 1.54) is 6.42 Å². The average molecular weight is 330 g/mol. The highest BCUT2D eigenvalue weighted by Crippen LogP contribution is 2.26. The minimum atomic E-state index is 0. The number of hydrogen-bond donors (Lipinski definition) is 1. The molecule has 0 bridgehead atoms. The zero-order chi connectivity index (χ0) is 14.0. The minimum Gasteiger partial charge on any atom is -0.336 e. The van der Waals surface area contributed by atoms with Gasteiger partial charge in [-0.15, -0.1) is 12.4 Å². The molecule has 1 unspecified atom stereocenters. The van der Waals surface area contributed by atoms with Crippen LogP contribution in [0.4, 0.5) is 0 Å². The molecule has 0 aromatic carbocycles. The Morgan fingerprint density at radius 1 is 1.38 bits per heavy atom. The Morgan fingerprint density at radius 3 is 2.71 bits per heavy atom. The SMILES string of the molecule is CC1(CN2CCN(C(=O)c3ccsc3)CC2)CCNC1.Cl. The van der Waals surface area contributed by atoms with Gasteiger partial charge >= 0.3 is 0 Å². The summed E-state index contributed by atoms with van der Waals surface area (Å²) in [6, 6.07) is 1.92. The van der Waals surface area contributed by atoms with Crippen molar-refractivity contribution >= 4 is 29.7 Å². The lowest BCUT2D eigenvalue weighted by atomic mass is 9.89. The van der Waals surface area contributed by atoms with Crippen molar-refractivity contribution in [3.05, 3.63) is 22.4 Å². The molecule has 2 aliphatic rings. The summed E-state index contributed by atoms with van der Waals surface area (Å²) in [6.45, 7) is 9.53. The molecular formula is C15H24ClN3OS. The maximum Gasteiger partial charge on any atom is 0.254 e. The molecule has 21 heavy (non-hydrogen) atoms. The Balaban J connectivity index is 0.00000161. The fourth-order valence-electron chi connectivity index (χ4n) is 3.22. The first-order valence-corrected chi connectivity index (χ1v) is 8.35. The van der Waals surface area contributed by atoms with Crippen LogP contribution in [0.15, 0.2) is 16.8 Å². The molecule has 4 nitrogen and oxygen atoms in total. The van der Waals surface area contributed by atoms with Crippen LogP contribution in [-0.4, -0.2) is 61.5 Å². The molecule has 118 valence electrons. The first-order chi connectivity index (χ1) is 9.66. The third kappa shape index (κ3) is 3.97. The normalized spacial score (nSPS) is 26.6. The van der Waals surface area contributed by atoms with Gasteiger partial charge in [-0.25, -0.2) is 0 Å². The maximum atomic E-state index is 12.3. The first kappa shape index (κ1) is 16.7. The second kappa shape index (κ2) is 7.09. The summed E-state index contributed by atoms with van der Waals surface area (Å²) >= 11 is 1.59. The zero-order valence-electron chi connectivity index (χ0n) is 12.5. The Morgan fingerprint density at radius 2 is 2.14 bits per heavy atom. The maximum absolute atomic E-state index is 12.3. The van der Waals surface area contributed by atoms with E-state index in [2.05, 4.69) is 17.1 Å². The Kier molecular flexibility index (Phi) is 5.66. The van der Waals surface area contributed by atoms with Crippen LogP contribution >= 0.6 is 23.7 Å². The molecule has 1 N–H and O–H groups in total. The summed E-state index contributed by atoms with van der Waals surface area (Å²) in [4.78, 5) is 16.8. The molecule has 0 aliphatic carbocycles. The van der Waals surface area contributed by atoms with E-state index >= 15 is 0 Å². The number of piperazine rings is 1. The number of carbonyl (C=O) groups excluding carboxylic acids is 1. The quantitative estimate of drug-likeness (QED) is 0.920. The highest BCUT2D eigenvalue weighted by molar-refractivity contribution is 7.08. The van der Waals surface area contributed by atoms with Crippen molar-refractivity contribution in [3.8, 4) is 0 Å². The van der Waals surface area contributed by atoms with E-state index in [0.717, 1.165) is 51.4 Å². The third-order valence-corrected chi connectivity index (χ3v) is 5.17. The van der Waals surface area contributed by atoms with Crippen LogP contribution in [0.3, 0.4) is 0 Å². The average Bonchev–Trinajstić information content (AvgIpc) is 3.10. The molecule has 2 aliphatic heterocycles. The van der Waals surface area contributed by atoms with Gasteiger partial charge in [0, 0.05) is 44.6 Å². The monoisotopic (exact) mass is 329 g/mol. The van der Waals surface area contributed by atoms with E-state index in [9.17, 15) is 4.79 Å². The van der Waals surface area contributed by atoms with Gasteiger partial charge in [0.2, 0.25) is 0 Å². The molecule has 1 aromatic heterocycles. The molecule has 1 atom stereocenters. The van der Waals surface area contributed by atoms with Crippen molar-refractivity contribution in [3.63, 3.8) is 0 Å². The molecule has 6 heteroatoms. The van der Waals surface area contributed by atoms with Crippen LogP contribution in [0.5, 0.6) is 0 Å². The summed E-state index contributed by atoms with van der Waals surface area (Å²) in [5, 5.41) is 7.37. The molecule has 0 radical (unpaired) electrons. The standard InChI is InChI=1S/C15H23N3OS.ClH/c1-15(3-4-16-11-15)12-17-5-7-18(8-6-17)14(19)13-2-9-20-10-13;/h2,9-10,16H,3-8,11-12H2,1H3;1H. The number of carbonyl (C=O) groups is 1. The van der Waals surface area contributed by atoms with Crippen molar-refractivity contribution in [1.29, 1.82) is 0 Å². The molecule has 0 saturated carbocycles. The molecule has 1 aromatic rings. The topological polar surface area (TPSA) is 35.6 Å². The van der Waals surface area contributed by atoms with Gasteiger partial charge in [0.25, 0.3) is 5.91 Å². The van der Waals surface area contributed by atoms with Crippen molar-refractivity contribution < 1.29 is 4.79 Å². The molecule has 3 heterocycles. The summed E-state index contributed by atoms with van der Waals surface area (Å²) in [5.74, 6) is 0.194. The summed E-state index contributed by atoms with van der Waals surface area (Å²) in [7, 11) is 0. The molecule has 3 rings (SSSR count). The van der Waals surface area contributed by atoms with E-state index in [0.29, 0.717) is 5.41 Å². The number of nitrogens with zero attached hydrogens (tertiary/aromatic N) is 2. The fourth-order valence-corrected chi connectivity index (χ4v) is 3.85. The van der Waals surface area contributed by atoms with Gasteiger partial charge in [0.1, 0.15) is 0 Å². The summed E-state index contributed by atoms with van der Waals surface area (Å²) in [5.41, 5.74) is 1.26. The Labute approximate surface area is 136 Å². The molecular weight excluding hydrogens is 306 g/mol. The number of halogens is 1. The summed E-state index contributed by atoms with van der Waals surface area (Å²) in [6.07, 6.45) is 1.26. The van der Waals surface area contributed by atoms with Crippen molar-refractivity contribution in [2.45, 2.75) is 13.3 Å². The lowest BCUT2D eigenvalue weighted by Crippen LogP contribution is -2.51.